The van der Waals surface area contributed by atoms with Crippen LogP contribution < -0.4 is 5.32 Å². The van der Waals surface area contributed by atoms with Crippen molar-refractivity contribution in [2.24, 2.45) is 0 Å². The summed E-state index contributed by atoms with van der Waals surface area (Å²) in [5.74, 6) is 0.882. The number of benzene rings is 2. The van der Waals surface area contributed by atoms with E-state index >= 15 is 0 Å². The van der Waals surface area contributed by atoms with E-state index in [0.29, 0.717) is 18.5 Å². The minimum absolute atomic E-state index is 0.0983. The van der Waals surface area contributed by atoms with Crippen LogP contribution in [0.25, 0.3) is 0 Å². The van der Waals surface area contributed by atoms with Gasteiger partial charge in [-0.15, -0.1) is 11.8 Å². The van der Waals surface area contributed by atoms with E-state index in [9.17, 15) is 9.90 Å². The highest BCUT2D eigenvalue weighted by atomic mass is 32.2. The van der Waals surface area contributed by atoms with Gasteiger partial charge in [0, 0.05) is 17.0 Å². The minimum atomic E-state index is -0.552. The molecule has 0 fully saturated rings. The summed E-state index contributed by atoms with van der Waals surface area (Å²) in [4.78, 5) is 13.2. The van der Waals surface area contributed by atoms with Crippen molar-refractivity contribution >= 4 is 17.7 Å². The Bertz CT molecular complexity index is 601. The second-order valence-electron chi connectivity index (χ2n) is 4.93. The number of carbonyl (C=O) groups excluding carboxylic acids is 1. The second kappa shape index (κ2) is 8.61. The molecule has 2 rings (SSSR count). The van der Waals surface area contributed by atoms with E-state index in [-0.39, 0.29) is 5.91 Å². The molecule has 2 aromatic carbocycles. The van der Waals surface area contributed by atoms with Crippen molar-refractivity contribution in [2.45, 2.75) is 24.3 Å². The monoisotopic (exact) mass is 315 g/mol. The average molecular weight is 315 g/mol. The summed E-state index contributed by atoms with van der Waals surface area (Å²) >= 11 is 1.71. The smallest absolute Gasteiger partial charge is 0.251 e. The third kappa shape index (κ3) is 4.90. The first kappa shape index (κ1) is 16.6. The molecule has 1 amide bonds. The summed E-state index contributed by atoms with van der Waals surface area (Å²) in [6.45, 7) is 2.53. The third-order valence-corrected chi connectivity index (χ3v) is 4.17. The van der Waals surface area contributed by atoms with E-state index < -0.39 is 6.10 Å². The number of rotatable bonds is 7. The van der Waals surface area contributed by atoms with Gasteiger partial charge in [0.15, 0.2) is 0 Å². The molecule has 1 atom stereocenters. The number of nitrogens with one attached hydrogen (secondary N) is 1. The highest BCUT2D eigenvalue weighted by molar-refractivity contribution is 7.99. The number of hydrogen-bond donors (Lipinski definition) is 2. The number of amides is 1. The first-order chi connectivity index (χ1) is 10.7. The fourth-order valence-corrected chi connectivity index (χ4v) is 2.88. The maximum atomic E-state index is 12.1. The van der Waals surface area contributed by atoms with Crippen molar-refractivity contribution in [2.75, 3.05) is 12.3 Å². The van der Waals surface area contributed by atoms with Crippen LogP contribution in [0.5, 0.6) is 0 Å². The molecule has 0 bridgehead atoms. The molecule has 0 radical (unpaired) electrons. The Balaban J connectivity index is 1.84. The largest absolute Gasteiger partial charge is 0.388 e. The summed E-state index contributed by atoms with van der Waals surface area (Å²) in [6, 6.07) is 17.1. The molecule has 0 aliphatic heterocycles. The van der Waals surface area contributed by atoms with Crippen LogP contribution in [0.1, 0.15) is 35.4 Å². The molecule has 0 heterocycles. The van der Waals surface area contributed by atoms with E-state index in [1.807, 2.05) is 54.6 Å². The van der Waals surface area contributed by atoms with Crippen LogP contribution in [0.3, 0.4) is 0 Å². The molecule has 2 aromatic rings. The van der Waals surface area contributed by atoms with E-state index in [1.165, 1.54) is 0 Å². The van der Waals surface area contributed by atoms with Crippen LogP contribution >= 0.6 is 11.8 Å². The summed E-state index contributed by atoms with van der Waals surface area (Å²) in [5, 5.41) is 12.9. The molecular formula is C18H21NO2S. The van der Waals surface area contributed by atoms with Crippen LogP contribution in [0.2, 0.25) is 0 Å². The molecule has 1 unspecified atom stereocenters. The SMILES string of the molecule is CCSc1cccc(C(=O)NCCC(O)c2ccccc2)c1. The molecule has 22 heavy (non-hydrogen) atoms. The predicted octanol–water partition coefficient (Wildman–Crippen LogP) is 3.65. The Morgan fingerprint density at radius 3 is 2.68 bits per heavy atom. The topological polar surface area (TPSA) is 49.3 Å². The van der Waals surface area contributed by atoms with Crippen molar-refractivity contribution < 1.29 is 9.90 Å². The second-order valence-corrected chi connectivity index (χ2v) is 6.27. The van der Waals surface area contributed by atoms with Crippen molar-refractivity contribution in [3.05, 3.63) is 65.7 Å². The van der Waals surface area contributed by atoms with Gasteiger partial charge in [0.1, 0.15) is 0 Å². The van der Waals surface area contributed by atoms with Crippen LogP contribution in [0, 0.1) is 0 Å². The van der Waals surface area contributed by atoms with E-state index in [4.69, 9.17) is 0 Å². The normalized spacial score (nSPS) is 11.9. The van der Waals surface area contributed by atoms with Crippen molar-refractivity contribution in [3.63, 3.8) is 0 Å². The Labute approximate surface area is 135 Å². The highest BCUT2D eigenvalue weighted by Gasteiger charge is 2.09. The van der Waals surface area contributed by atoms with Gasteiger partial charge in [0.2, 0.25) is 0 Å². The Morgan fingerprint density at radius 2 is 1.95 bits per heavy atom. The van der Waals surface area contributed by atoms with Gasteiger partial charge in [0.05, 0.1) is 6.10 Å². The van der Waals surface area contributed by atoms with Crippen molar-refractivity contribution in [1.82, 2.24) is 5.32 Å². The molecule has 0 aliphatic carbocycles. The Kier molecular flexibility index (Phi) is 6.49. The lowest BCUT2D eigenvalue weighted by molar-refractivity contribution is 0.0942. The Hall–Kier alpha value is -1.78. The van der Waals surface area contributed by atoms with Gasteiger partial charge in [-0.05, 0) is 35.9 Å². The fraction of sp³-hybridized carbons (Fsp3) is 0.278. The van der Waals surface area contributed by atoms with Crippen LogP contribution in [0.15, 0.2) is 59.5 Å². The van der Waals surface area contributed by atoms with Crippen LogP contribution in [-0.2, 0) is 0 Å². The zero-order valence-electron chi connectivity index (χ0n) is 12.7. The van der Waals surface area contributed by atoms with E-state index in [2.05, 4.69) is 12.2 Å². The zero-order chi connectivity index (χ0) is 15.8. The van der Waals surface area contributed by atoms with Crippen LogP contribution in [-0.4, -0.2) is 23.3 Å². The number of thioether (sulfide) groups is 1. The molecule has 116 valence electrons. The first-order valence-corrected chi connectivity index (χ1v) is 8.43. The number of carbonyl (C=O) groups is 1. The number of aliphatic hydroxyl groups is 1. The fourth-order valence-electron chi connectivity index (χ4n) is 2.16. The quantitative estimate of drug-likeness (QED) is 0.767. The zero-order valence-corrected chi connectivity index (χ0v) is 13.5. The van der Waals surface area contributed by atoms with Gasteiger partial charge >= 0.3 is 0 Å². The average Bonchev–Trinajstić information content (AvgIpc) is 2.56. The lowest BCUT2D eigenvalue weighted by Gasteiger charge is -2.12. The summed E-state index contributed by atoms with van der Waals surface area (Å²) in [6.07, 6.45) is -0.0532. The van der Waals surface area contributed by atoms with Crippen molar-refractivity contribution in [1.29, 1.82) is 0 Å². The van der Waals surface area contributed by atoms with E-state index in [1.54, 1.807) is 11.8 Å². The molecule has 0 saturated heterocycles. The van der Waals surface area contributed by atoms with Crippen LogP contribution in [0.4, 0.5) is 0 Å². The number of aliphatic hydroxyl groups excluding tert-OH is 1. The lowest BCUT2D eigenvalue weighted by atomic mass is 10.1. The summed E-state index contributed by atoms with van der Waals surface area (Å²) in [5.41, 5.74) is 1.53. The van der Waals surface area contributed by atoms with Gasteiger partial charge in [-0.3, -0.25) is 4.79 Å². The van der Waals surface area contributed by atoms with Gasteiger partial charge in [-0.1, -0.05) is 43.3 Å². The third-order valence-electron chi connectivity index (χ3n) is 3.29. The van der Waals surface area contributed by atoms with Gasteiger partial charge in [-0.2, -0.15) is 0 Å². The summed E-state index contributed by atoms with van der Waals surface area (Å²) < 4.78 is 0. The molecule has 4 heteroatoms. The van der Waals surface area contributed by atoms with Gasteiger partial charge < -0.3 is 10.4 Å². The minimum Gasteiger partial charge on any atom is -0.388 e. The van der Waals surface area contributed by atoms with Gasteiger partial charge in [-0.25, -0.2) is 0 Å². The molecule has 0 spiro atoms. The first-order valence-electron chi connectivity index (χ1n) is 7.44. The predicted molar refractivity (Wildman–Crippen MR) is 91.2 cm³/mol. The molecule has 0 saturated carbocycles. The maximum Gasteiger partial charge on any atom is 0.251 e. The molecule has 3 nitrogen and oxygen atoms in total. The van der Waals surface area contributed by atoms with Gasteiger partial charge in [0.25, 0.3) is 5.91 Å². The van der Waals surface area contributed by atoms with Crippen molar-refractivity contribution in [3.8, 4) is 0 Å². The molecular weight excluding hydrogens is 294 g/mol. The molecule has 0 aromatic heterocycles. The lowest BCUT2D eigenvalue weighted by Crippen LogP contribution is -2.25. The summed E-state index contributed by atoms with van der Waals surface area (Å²) in [7, 11) is 0. The maximum absolute atomic E-state index is 12.1. The van der Waals surface area contributed by atoms with E-state index in [0.717, 1.165) is 16.2 Å². The standard InChI is InChI=1S/C18H21NO2S/c1-2-22-16-10-6-9-15(13-16)18(21)19-12-11-17(20)14-7-4-3-5-8-14/h3-10,13,17,20H,2,11-12H2,1H3,(H,19,21). The number of hydrogen-bond acceptors (Lipinski definition) is 3. The highest BCUT2D eigenvalue weighted by Crippen LogP contribution is 2.19. The Morgan fingerprint density at radius 1 is 1.18 bits per heavy atom. The molecule has 2 N–H and O–H groups in total. The molecule has 0 aliphatic rings.